The van der Waals surface area contributed by atoms with Crippen molar-refractivity contribution in [3.8, 4) is 0 Å². The Morgan fingerprint density at radius 3 is 2.19 bits per heavy atom. The average Bonchev–Trinajstić information content (AvgIpc) is 2.38. The highest BCUT2D eigenvalue weighted by atomic mass is 35.5. The van der Waals surface area contributed by atoms with E-state index in [0.717, 1.165) is 0 Å². The Kier molecular flexibility index (Phi) is 5.47. The summed E-state index contributed by atoms with van der Waals surface area (Å²) in [5.74, 6) is -2.99. The number of halogens is 5. The molecule has 0 radical (unpaired) electrons. The second kappa shape index (κ2) is 6.53. The maximum atomic E-state index is 12.9. The number of carbonyl (C=O) groups excluding carboxylic acids is 2. The summed E-state index contributed by atoms with van der Waals surface area (Å²) < 4.78 is 43.1. The molecule has 0 aromatic heterocycles. The molecule has 1 aromatic carbocycles. The van der Waals surface area contributed by atoms with Crippen LogP contribution in [0.15, 0.2) is 24.3 Å². The predicted molar refractivity (Wildman–Crippen MR) is 70.2 cm³/mol. The Morgan fingerprint density at radius 1 is 1.24 bits per heavy atom. The van der Waals surface area contributed by atoms with Gasteiger partial charge in [-0.2, -0.15) is 13.2 Å². The summed E-state index contributed by atoms with van der Waals surface area (Å²) in [5, 5.41) is 1.73. The van der Waals surface area contributed by atoms with E-state index in [1.807, 2.05) is 0 Å². The van der Waals surface area contributed by atoms with Gasteiger partial charge in [0.1, 0.15) is 0 Å². The molecule has 9 heteroatoms. The fourth-order valence-electron chi connectivity index (χ4n) is 1.30. The van der Waals surface area contributed by atoms with Gasteiger partial charge in [-0.1, -0.05) is 23.2 Å². The van der Waals surface area contributed by atoms with E-state index in [1.165, 1.54) is 36.5 Å². The van der Waals surface area contributed by atoms with Crippen LogP contribution in [-0.4, -0.2) is 29.7 Å². The van der Waals surface area contributed by atoms with Crippen molar-refractivity contribution in [3.05, 3.63) is 34.9 Å². The van der Waals surface area contributed by atoms with E-state index in [0.29, 0.717) is 5.02 Å². The Balaban J connectivity index is 3.04. The molecule has 21 heavy (non-hydrogen) atoms. The summed E-state index contributed by atoms with van der Waals surface area (Å²) in [7, 11) is 0. The lowest BCUT2D eigenvalue weighted by Gasteiger charge is -2.28. The van der Waals surface area contributed by atoms with Crippen LogP contribution in [0.3, 0.4) is 0 Å². The zero-order chi connectivity index (χ0) is 16.3. The van der Waals surface area contributed by atoms with Crippen LogP contribution in [-0.2, 0) is 9.53 Å². The molecule has 0 bridgehead atoms. The quantitative estimate of drug-likeness (QED) is 0.519. The summed E-state index contributed by atoms with van der Waals surface area (Å²) in [6.07, 6.45) is -5.23. The first-order valence-corrected chi connectivity index (χ1v) is 6.38. The van der Waals surface area contributed by atoms with E-state index in [9.17, 15) is 22.8 Å². The number of carbonyl (C=O) groups is 2. The van der Waals surface area contributed by atoms with Crippen LogP contribution >= 0.6 is 23.2 Å². The number of benzene rings is 1. The van der Waals surface area contributed by atoms with Crippen LogP contribution < -0.4 is 5.32 Å². The highest BCUT2D eigenvalue weighted by Crippen LogP contribution is 2.35. The van der Waals surface area contributed by atoms with Crippen LogP contribution in [0.1, 0.15) is 17.3 Å². The van der Waals surface area contributed by atoms with Crippen LogP contribution in [0.4, 0.5) is 13.2 Å². The highest BCUT2D eigenvalue weighted by molar-refractivity contribution is 6.35. The van der Waals surface area contributed by atoms with Gasteiger partial charge in [-0.25, -0.2) is 4.79 Å². The molecule has 1 N–H and O–H groups in total. The van der Waals surface area contributed by atoms with Crippen molar-refractivity contribution in [2.24, 2.45) is 0 Å². The van der Waals surface area contributed by atoms with Gasteiger partial charge in [-0.05, 0) is 31.2 Å². The number of ether oxygens (including phenoxy) is 1. The van der Waals surface area contributed by atoms with Crippen molar-refractivity contribution in [3.63, 3.8) is 0 Å². The fourth-order valence-corrected chi connectivity index (χ4v) is 1.56. The molecule has 1 rings (SSSR count). The lowest BCUT2D eigenvalue weighted by atomic mass is 10.2. The van der Waals surface area contributed by atoms with E-state index >= 15 is 0 Å². The van der Waals surface area contributed by atoms with Gasteiger partial charge in [-0.15, -0.1) is 0 Å². The van der Waals surface area contributed by atoms with Gasteiger partial charge >= 0.3 is 17.1 Å². The van der Waals surface area contributed by atoms with Crippen molar-refractivity contribution in [1.82, 2.24) is 5.32 Å². The van der Waals surface area contributed by atoms with Gasteiger partial charge in [0.2, 0.25) is 0 Å². The lowest BCUT2D eigenvalue weighted by Crippen LogP contribution is -2.60. The molecule has 0 unspecified atom stereocenters. The number of rotatable bonds is 4. The molecule has 4 nitrogen and oxygen atoms in total. The second-order valence-corrected chi connectivity index (χ2v) is 4.84. The molecule has 0 saturated carbocycles. The first kappa shape index (κ1) is 17.6. The van der Waals surface area contributed by atoms with E-state index < -0.39 is 23.1 Å². The Morgan fingerprint density at radius 2 is 1.76 bits per heavy atom. The summed E-state index contributed by atoms with van der Waals surface area (Å²) in [4.78, 5) is 19.6. The molecule has 0 saturated heterocycles. The molecule has 0 aliphatic rings. The van der Waals surface area contributed by atoms with Crippen molar-refractivity contribution in [1.29, 1.82) is 0 Å². The van der Waals surface area contributed by atoms with Crippen molar-refractivity contribution >= 4 is 35.1 Å². The third kappa shape index (κ3) is 4.01. The normalized spacial score (nSPS) is 14.2. The van der Waals surface area contributed by atoms with Gasteiger partial charge in [0.15, 0.2) is 0 Å². The van der Waals surface area contributed by atoms with E-state index in [2.05, 4.69) is 4.74 Å². The van der Waals surface area contributed by atoms with Gasteiger partial charge < -0.3 is 10.1 Å². The smallest absolute Gasteiger partial charge is 0.437 e. The van der Waals surface area contributed by atoms with Gasteiger partial charge in [0, 0.05) is 10.6 Å². The molecule has 0 aliphatic carbocycles. The molecule has 0 fully saturated rings. The Bertz CT molecular complexity index is 534. The Hall–Kier alpha value is -1.47. The maximum absolute atomic E-state index is 12.9. The van der Waals surface area contributed by atoms with Crippen LogP contribution in [0, 0.1) is 0 Å². The molecule has 1 aromatic rings. The van der Waals surface area contributed by atoms with Crippen molar-refractivity contribution < 1.29 is 27.5 Å². The van der Waals surface area contributed by atoms with Crippen LogP contribution in [0.5, 0.6) is 0 Å². The van der Waals surface area contributed by atoms with Gasteiger partial charge in [0.05, 0.1) is 6.61 Å². The molecule has 116 valence electrons. The maximum Gasteiger partial charge on any atom is 0.437 e. The second-order valence-electron chi connectivity index (χ2n) is 3.84. The standard InChI is InChI=1S/C12H10Cl2F3NO3/c1-2-21-10(20)11(14,12(15,16)17)18-9(19)7-3-5-8(13)6-4-7/h3-6H,2H2,1H3,(H,18,19)/t11-/m1/s1. The minimum atomic E-state index is -5.23. The summed E-state index contributed by atoms with van der Waals surface area (Å²) in [6, 6.07) is 5.00. The molecule has 1 amide bonds. The molecule has 0 spiro atoms. The topological polar surface area (TPSA) is 55.4 Å². The zero-order valence-corrected chi connectivity index (χ0v) is 12.1. The first-order valence-electron chi connectivity index (χ1n) is 5.62. The van der Waals surface area contributed by atoms with Crippen molar-refractivity contribution in [2.45, 2.75) is 18.1 Å². The van der Waals surface area contributed by atoms with E-state index in [1.54, 1.807) is 0 Å². The van der Waals surface area contributed by atoms with Crippen molar-refractivity contribution in [2.75, 3.05) is 6.61 Å². The van der Waals surface area contributed by atoms with E-state index in [4.69, 9.17) is 23.2 Å². The summed E-state index contributed by atoms with van der Waals surface area (Å²) in [5.41, 5.74) is -0.141. The largest absolute Gasteiger partial charge is 0.463 e. The lowest BCUT2D eigenvalue weighted by molar-refractivity contribution is -0.192. The predicted octanol–water partition coefficient (Wildman–Crippen LogP) is 3.13. The SMILES string of the molecule is CCOC(=O)[C@@](Cl)(NC(=O)c1ccc(Cl)cc1)C(F)(F)F. The van der Waals surface area contributed by atoms with Crippen LogP contribution in [0.25, 0.3) is 0 Å². The number of amides is 1. The van der Waals surface area contributed by atoms with Gasteiger partial charge in [-0.3, -0.25) is 4.79 Å². The van der Waals surface area contributed by atoms with E-state index in [-0.39, 0.29) is 12.2 Å². The summed E-state index contributed by atoms with van der Waals surface area (Å²) >= 11 is 10.9. The number of nitrogens with one attached hydrogen (secondary N) is 1. The fraction of sp³-hybridized carbons (Fsp3) is 0.333. The summed E-state index contributed by atoms with van der Waals surface area (Å²) in [6.45, 7) is 0.993. The third-order valence-electron chi connectivity index (χ3n) is 2.34. The minimum Gasteiger partial charge on any atom is -0.463 e. The first-order chi connectivity index (χ1) is 9.61. The molecule has 0 heterocycles. The Labute approximate surface area is 128 Å². The highest BCUT2D eigenvalue weighted by Gasteiger charge is 2.62. The third-order valence-corrected chi connectivity index (χ3v) is 3.05. The number of hydrogen-bond acceptors (Lipinski definition) is 3. The van der Waals surface area contributed by atoms with Gasteiger partial charge in [0.25, 0.3) is 5.91 Å². The monoisotopic (exact) mass is 343 g/mol. The number of alkyl halides is 4. The minimum absolute atomic E-state index is 0.141. The molecule has 0 aliphatic heterocycles. The number of hydrogen-bond donors (Lipinski definition) is 1. The molecular weight excluding hydrogens is 334 g/mol. The number of esters is 1. The molecular formula is C12H10Cl2F3NO3. The zero-order valence-electron chi connectivity index (χ0n) is 10.6. The van der Waals surface area contributed by atoms with Crippen LogP contribution in [0.2, 0.25) is 5.02 Å². The average molecular weight is 344 g/mol. The molecule has 1 atom stereocenters.